The highest BCUT2D eigenvalue weighted by molar-refractivity contribution is 5.87. The van der Waals surface area contributed by atoms with E-state index in [0.29, 0.717) is 25.3 Å². The Labute approximate surface area is 177 Å². The van der Waals surface area contributed by atoms with Crippen molar-refractivity contribution >= 4 is 11.8 Å². The molecule has 0 aromatic heterocycles. The van der Waals surface area contributed by atoms with Crippen molar-refractivity contribution in [1.82, 2.24) is 10.2 Å². The number of halogens is 1. The Balaban J connectivity index is 1.94. The zero-order valence-corrected chi connectivity index (χ0v) is 17.7. The average Bonchev–Trinajstić information content (AvgIpc) is 2.76. The lowest BCUT2D eigenvalue weighted by Gasteiger charge is -2.28. The third-order valence-electron chi connectivity index (χ3n) is 4.65. The molecule has 2 rings (SSSR count). The van der Waals surface area contributed by atoms with Crippen LogP contribution in [0.2, 0.25) is 0 Å². The minimum Gasteiger partial charge on any atom is -0.497 e. The van der Waals surface area contributed by atoms with Crippen molar-refractivity contribution in [3.63, 3.8) is 0 Å². The van der Waals surface area contributed by atoms with E-state index >= 15 is 0 Å². The first-order valence-corrected chi connectivity index (χ1v) is 10.0. The molecule has 0 fully saturated rings. The Bertz CT molecular complexity index is 809. The van der Waals surface area contributed by atoms with Gasteiger partial charge in [-0.15, -0.1) is 0 Å². The van der Waals surface area contributed by atoms with E-state index in [1.807, 2.05) is 6.92 Å². The monoisotopic (exact) mass is 416 g/mol. The molecule has 0 radical (unpaired) electrons. The van der Waals surface area contributed by atoms with Crippen LogP contribution in [0.4, 0.5) is 4.39 Å². The van der Waals surface area contributed by atoms with Crippen molar-refractivity contribution in [2.45, 2.75) is 39.3 Å². The van der Waals surface area contributed by atoms with Gasteiger partial charge in [0.15, 0.2) is 0 Å². The number of nitrogens with zero attached hydrogens (tertiary/aromatic N) is 1. The number of carbonyl (C=O) groups excluding carboxylic acids is 2. The third-order valence-corrected chi connectivity index (χ3v) is 4.65. The number of benzene rings is 2. The molecule has 0 spiro atoms. The van der Waals surface area contributed by atoms with E-state index in [1.54, 1.807) is 50.4 Å². The fraction of sp³-hybridized carbons (Fsp3) is 0.391. The fourth-order valence-electron chi connectivity index (χ4n) is 2.92. The predicted octanol–water partition coefficient (Wildman–Crippen LogP) is 3.55. The van der Waals surface area contributed by atoms with Crippen LogP contribution in [0.25, 0.3) is 0 Å². The van der Waals surface area contributed by atoms with Crippen LogP contribution >= 0.6 is 0 Å². The van der Waals surface area contributed by atoms with Gasteiger partial charge in [0.1, 0.15) is 23.4 Å². The summed E-state index contributed by atoms with van der Waals surface area (Å²) in [6, 6.07) is 12.5. The van der Waals surface area contributed by atoms with Gasteiger partial charge in [0.2, 0.25) is 11.8 Å². The zero-order valence-electron chi connectivity index (χ0n) is 17.7. The van der Waals surface area contributed by atoms with Crippen molar-refractivity contribution < 1.29 is 23.5 Å². The lowest BCUT2D eigenvalue weighted by atomic mass is 10.1. The number of carbonyl (C=O) groups is 2. The molecule has 0 bridgehead atoms. The normalized spacial score (nSPS) is 11.5. The number of nitrogens with one attached hydrogen (secondary N) is 1. The zero-order chi connectivity index (χ0) is 21.9. The number of hydrogen-bond acceptors (Lipinski definition) is 4. The summed E-state index contributed by atoms with van der Waals surface area (Å²) in [5.41, 5.74) is 0.760. The number of rotatable bonds is 11. The smallest absolute Gasteiger partial charge is 0.242 e. The molecule has 2 amide bonds. The van der Waals surface area contributed by atoms with Gasteiger partial charge in [0.05, 0.1) is 13.7 Å². The van der Waals surface area contributed by atoms with Crippen LogP contribution in [0, 0.1) is 5.82 Å². The van der Waals surface area contributed by atoms with E-state index in [0.717, 1.165) is 11.3 Å². The summed E-state index contributed by atoms with van der Waals surface area (Å²) < 4.78 is 24.0. The van der Waals surface area contributed by atoms with Gasteiger partial charge in [-0.25, -0.2) is 4.39 Å². The molecule has 0 aliphatic heterocycles. The van der Waals surface area contributed by atoms with E-state index in [4.69, 9.17) is 9.47 Å². The van der Waals surface area contributed by atoms with Crippen LogP contribution in [0.15, 0.2) is 48.5 Å². The molecular weight excluding hydrogens is 387 g/mol. The Morgan fingerprint density at radius 2 is 1.70 bits per heavy atom. The molecule has 0 aliphatic carbocycles. The molecule has 7 heteroatoms. The van der Waals surface area contributed by atoms with Gasteiger partial charge in [-0.05, 0) is 62.2 Å². The second-order valence-electron chi connectivity index (χ2n) is 6.85. The third kappa shape index (κ3) is 7.06. The highest BCUT2D eigenvalue weighted by Gasteiger charge is 2.25. The minimum atomic E-state index is -0.634. The summed E-state index contributed by atoms with van der Waals surface area (Å²) in [6.45, 7) is 4.61. The van der Waals surface area contributed by atoms with Crippen molar-refractivity contribution in [3.05, 3.63) is 59.9 Å². The number of hydrogen-bond donors (Lipinski definition) is 1. The average molecular weight is 416 g/mol. The molecule has 0 unspecified atom stereocenters. The van der Waals surface area contributed by atoms with Gasteiger partial charge < -0.3 is 19.7 Å². The van der Waals surface area contributed by atoms with Crippen molar-refractivity contribution in [2.24, 2.45) is 0 Å². The topological polar surface area (TPSA) is 67.9 Å². The molecule has 2 aromatic carbocycles. The number of likely N-dealkylation sites (N-methyl/N-ethyl adjacent to an activating group) is 1. The minimum absolute atomic E-state index is 0.156. The van der Waals surface area contributed by atoms with Gasteiger partial charge in [-0.2, -0.15) is 0 Å². The molecule has 0 saturated carbocycles. The molecule has 2 aromatic rings. The van der Waals surface area contributed by atoms with Crippen molar-refractivity contribution in [2.75, 3.05) is 20.3 Å². The second-order valence-corrected chi connectivity index (χ2v) is 6.85. The number of amides is 2. The highest BCUT2D eigenvalue weighted by atomic mass is 19.1. The SMILES string of the molecule is CCNC(=O)[C@H](C)N(Cc1ccc(F)cc1)C(=O)CCCOc1ccc(OC)cc1. The molecule has 0 aliphatic rings. The lowest BCUT2D eigenvalue weighted by Crippen LogP contribution is -2.47. The summed E-state index contributed by atoms with van der Waals surface area (Å²) in [4.78, 5) is 26.7. The van der Waals surface area contributed by atoms with Crippen LogP contribution in [0.1, 0.15) is 32.3 Å². The van der Waals surface area contributed by atoms with Crippen LogP contribution < -0.4 is 14.8 Å². The highest BCUT2D eigenvalue weighted by Crippen LogP contribution is 2.18. The molecule has 1 atom stereocenters. The first kappa shape index (κ1) is 23.2. The van der Waals surface area contributed by atoms with Crippen molar-refractivity contribution in [1.29, 1.82) is 0 Å². The Hall–Kier alpha value is -3.09. The van der Waals surface area contributed by atoms with E-state index in [-0.39, 0.29) is 30.6 Å². The first-order valence-electron chi connectivity index (χ1n) is 10.0. The summed E-state index contributed by atoms with van der Waals surface area (Å²) in [5.74, 6) is 0.721. The first-order chi connectivity index (χ1) is 14.4. The standard InChI is InChI=1S/C23H29FN2O4/c1-4-25-23(28)17(2)26(16-18-7-9-19(24)10-8-18)22(27)6-5-15-30-21-13-11-20(29-3)12-14-21/h7-14,17H,4-6,15-16H2,1-3H3,(H,25,28)/t17-/m0/s1. The lowest BCUT2D eigenvalue weighted by molar-refractivity contribution is -0.140. The quantitative estimate of drug-likeness (QED) is 0.569. The number of ether oxygens (including phenoxy) is 2. The molecular formula is C23H29FN2O4. The molecule has 0 saturated heterocycles. The van der Waals surface area contributed by atoms with Crippen LogP contribution in [-0.2, 0) is 16.1 Å². The summed E-state index contributed by atoms with van der Waals surface area (Å²) in [6.07, 6.45) is 0.744. The van der Waals surface area contributed by atoms with E-state index in [9.17, 15) is 14.0 Å². The van der Waals surface area contributed by atoms with Gasteiger partial charge in [0, 0.05) is 19.5 Å². The van der Waals surface area contributed by atoms with Crippen LogP contribution in [0.5, 0.6) is 11.5 Å². The van der Waals surface area contributed by atoms with E-state index in [2.05, 4.69) is 5.32 Å². The van der Waals surface area contributed by atoms with Crippen LogP contribution in [-0.4, -0.2) is 43.0 Å². The van der Waals surface area contributed by atoms with Gasteiger partial charge in [-0.3, -0.25) is 9.59 Å². The molecule has 6 nitrogen and oxygen atoms in total. The largest absolute Gasteiger partial charge is 0.497 e. The Morgan fingerprint density at radius 3 is 2.30 bits per heavy atom. The van der Waals surface area contributed by atoms with Gasteiger partial charge in [0.25, 0.3) is 0 Å². The molecule has 30 heavy (non-hydrogen) atoms. The maximum atomic E-state index is 13.2. The summed E-state index contributed by atoms with van der Waals surface area (Å²) in [5, 5.41) is 2.75. The molecule has 0 heterocycles. The maximum Gasteiger partial charge on any atom is 0.242 e. The predicted molar refractivity (Wildman–Crippen MR) is 113 cm³/mol. The number of methoxy groups -OCH3 is 1. The fourth-order valence-corrected chi connectivity index (χ4v) is 2.92. The van der Waals surface area contributed by atoms with Crippen LogP contribution in [0.3, 0.4) is 0 Å². The maximum absolute atomic E-state index is 13.2. The summed E-state index contributed by atoms with van der Waals surface area (Å²) >= 11 is 0. The second kappa shape index (κ2) is 11.8. The Morgan fingerprint density at radius 1 is 1.07 bits per heavy atom. The van der Waals surface area contributed by atoms with E-state index in [1.165, 1.54) is 17.0 Å². The molecule has 1 N–H and O–H groups in total. The van der Waals surface area contributed by atoms with Gasteiger partial charge in [-0.1, -0.05) is 12.1 Å². The van der Waals surface area contributed by atoms with Crippen molar-refractivity contribution in [3.8, 4) is 11.5 Å². The Kier molecular flexibility index (Phi) is 9.12. The van der Waals surface area contributed by atoms with Gasteiger partial charge >= 0.3 is 0 Å². The van der Waals surface area contributed by atoms with E-state index < -0.39 is 6.04 Å². The molecule has 162 valence electrons. The summed E-state index contributed by atoms with van der Waals surface area (Å²) in [7, 11) is 1.60.